The summed E-state index contributed by atoms with van der Waals surface area (Å²) in [6.07, 6.45) is 1.87. The fraction of sp³-hybridized carbons (Fsp3) is 0.875. The molecule has 1 rings (SSSR count). The molecule has 12 heavy (non-hydrogen) atoms. The first kappa shape index (κ1) is 9.48. The summed E-state index contributed by atoms with van der Waals surface area (Å²) in [5.41, 5.74) is 5.13. The second-order valence-electron chi connectivity index (χ2n) is 3.28. The molecule has 4 heteroatoms. The van der Waals surface area contributed by atoms with Gasteiger partial charge in [-0.1, -0.05) is 13.8 Å². The molecule has 2 unspecified atom stereocenters. The quantitative estimate of drug-likeness (QED) is 0.504. The third-order valence-corrected chi connectivity index (χ3v) is 1.65. The van der Waals surface area contributed by atoms with Crippen molar-refractivity contribution in [3.63, 3.8) is 0 Å². The predicted molar refractivity (Wildman–Crippen MR) is 46.7 cm³/mol. The lowest BCUT2D eigenvalue weighted by atomic mass is 10.1. The summed E-state index contributed by atoms with van der Waals surface area (Å²) in [5, 5.41) is 0. The molecule has 2 N–H and O–H groups in total. The van der Waals surface area contributed by atoms with E-state index < -0.39 is 0 Å². The Labute approximate surface area is 72.8 Å². The average molecular weight is 172 g/mol. The summed E-state index contributed by atoms with van der Waals surface area (Å²) >= 11 is 0. The molecule has 4 nitrogen and oxygen atoms in total. The van der Waals surface area contributed by atoms with Gasteiger partial charge in [0.05, 0.1) is 12.9 Å². The zero-order valence-corrected chi connectivity index (χ0v) is 7.56. The monoisotopic (exact) mass is 172 g/mol. The average Bonchev–Trinajstić information content (AvgIpc) is 2.36. The standard InChI is InChI=1S/C8H16N2O2/c1-6(2)3-8-11-4-7(12-8)10-5-9/h5-8H,3-4H2,1-2H3,(H2,9,10). The van der Waals surface area contributed by atoms with E-state index in [-0.39, 0.29) is 12.5 Å². The van der Waals surface area contributed by atoms with Gasteiger partial charge >= 0.3 is 0 Å². The van der Waals surface area contributed by atoms with Crippen molar-refractivity contribution in [3.05, 3.63) is 0 Å². The van der Waals surface area contributed by atoms with Crippen LogP contribution >= 0.6 is 0 Å². The van der Waals surface area contributed by atoms with E-state index in [1.807, 2.05) is 0 Å². The van der Waals surface area contributed by atoms with Crippen molar-refractivity contribution >= 4 is 6.34 Å². The van der Waals surface area contributed by atoms with Crippen molar-refractivity contribution in [2.24, 2.45) is 16.6 Å². The van der Waals surface area contributed by atoms with Crippen molar-refractivity contribution in [2.45, 2.75) is 32.8 Å². The number of hydrogen-bond acceptors (Lipinski definition) is 3. The van der Waals surface area contributed by atoms with Crippen LogP contribution in [0.1, 0.15) is 20.3 Å². The zero-order chi connectivity index (χ0) is 8.97. The molecule has 0 amide bonds. The zero-order valence-electron chi connectivity index (χ0n) is 7.56. The van der Waals surface area contributed by atoms with E-state index >= 15 is 0 Å². The van der Waals surface area contributed by atoms with E-state index in [0.29, 0.717) is 12.5 Å². The van der Waals surface area contributed by atoms with Crippen molar-refractivity contribution in [3.8, 4) is 0 Å². The van der Waals surface area contributed by atoms with Gasteiger partial charge in [0.25, 0.3) is 0 Å². The lowest BCUT2D eigenvalue weighted by Gasteiger charge is -2.11. The summed E-state index contributed by atoms with van der Waals surface area (Å²) in [7, 11) is 0. The minimum absolute atomic E-state index is 0.0984. The van der Waals surface area contributed by atoms with Gasteiger partial charge in [-0.05, 0) is 5.92 Å². The van der Waals surface area contributed by atoms with E-state index in [1.54, 1.807) is 0 Å². The molecule has 0 bridgehead atoms. The maximum Gasteiger partial charge on any atom is 0.176 e. The highest BCUT2D eigenvalue weighted by Crippen LogP contribution is 2.18. The molecule has 1 aliphatic heterocycles. The first-order valence-corrected chi connectivity index (χ1v) is 4.22. The lowest BCUT2D eigenvalue weighted by Crippen LogP contribution is -2.13. The molecule has 0 aromatic rings. The molecule has 0 saturated carbocycles. The Morgan fingerprint density at radius 1 is 1.67 bits per heavy atom. The molecule has 70 valence electrons. The number of nitrogens with zero attached hydrogens (tertiary/aromatic N) is 1. The highest BCUT2D eigenvalue weighted by molar-refractivity contribution is 5.51. The second-order valence-corrected chi connectivity index (χ2v) is 3.28. The van der Waals surface area contributed by atoms with Crippen LogP contribution in [0.25, 0.3) is 0 Å². The summed E-state index contributed by atoms with van der Waals surface area (Å²) in [4.78, 5) is 3.89. The van der Waals surface area contributed by atoms with Crippen molar-refractivity contribution < 1.29 is 9.47 Å². The van der Waals surface area contributed by atoms with Crippen LogP contribution < -0.4 is 5.73 Å². The minimum atomic E-state index is -0.196. The van der Waals surface area contributed by atoms with Gasteiger partial charge in [0.1, 0.15) is 0 Å². The number of hydrogen-bond donors (Lipinski definition) is 1. The Hall–Kier alpha value is -0.610. The molecular formula is C8H16N2O2. The molecular weight excluding hydrogens is 156 g/mol. The summed E-state index contributed by atoms with van der Waals surface area (Å²) < 4.78 is 10.7. The fourth-order valence-corrected chi connectivity index (χ4v) is 1.13. The van der Waals surface area contributed by atoms with E-state index in [9.17, 15) is 0 Å². The normalized spacial score (nSPS) is 30.6. The van der Waals surface area contributed by atoms with E-state index in [1.165, 1.54) is 6.34 Å². The third kappa shape index (κ3) is 2.79. The van der Waals surface area contributed by atoms with E-state index in [4.69, 9.17) is 15.2 Å². The second kappa shape index (κ2) is 4.42. The van der Waals surface area contributed by atoms with Crippen LogP contribution in [0.3, 0.4) is 0 Å². The van der Waals surface area contributed by atoms with Crippen molar-refractivity contribution in [1.82, 2.24) is 0 Å². The molecule has 0 aliphatic carbocycles. The fourth-order valence-electron chi connectivity index (χ4n) is 1.13. The highest BCUT2D eigenvalue weighted by atomic mass is 16.7. The molecule has 0 radical (unpaired) electrons. The van der Waals surface area contributed by atoms with Crippen LogP contribution in [0, 0.1) is 5.92 Å². The van der Waals surface area contributed by atoms with E-state index in [0.717, 1.165) is 6.42 Å². The van der Waals surface area contributed by atoms with Crippen LogP contribution in [0.2, 0.25) is 0 Å². The topological polar surface area (TPSA) is 56.8 Å². The Kier molecular flexibility index (Phi) is 3.49. The smallest absolute Gasteiger partial charge is 0.176 e. The minimum Gasteiger partial charge on any atom is -0.390 e. The van der Waals surface area contributed by atoms with Crippen LogP contribution in [0.15, 0.2) is 4.99 Å². The Morgan fingerprint density at radius 2 is 2.42 bits per heavy atom. The van der Waals surface area contributed by atoms with Gasteiger partial charge in [-0.25, -0.2) is 4.99 Å². The molecule has 1 saturated heterocycles. The molecule has 2 atom stereocenters. The molecule has 0 aromatic carbocycles. The van der Waals surface area contributed by atoms with Crippen molar-refractivity contribution in [1.29, 1.82) is 0 Å². The number of aliphatic imine (C=N–C) groups is 1. The van der Waals surface area contributed by atoms with Gasteiger partial charge in [-0.2, -0.15) is 0 Å². The molecule has 0 aromatic heterocycles. The van der Waals surface area contributed by atoms with E-state index in [2.05, 4.69) is 18.8 Å². The Bertz CT molecular complexity index is 159. The molecule has 1 aliphatic rings. The van der Waals surface area contributed by atoms with Gasteiger partial charge < -0.3 is 15.2 Å². The van der Waals surface area contributed by atoms with Crippen LogP contribution in [0.5, 0.6) is 0 Å². The summed E-state index contributed by atoms with van der Waals surface area (Å²) in [6, 6.07) is 0. The highest BCUT2D eigenvalue weighted by Gasteiger charge is 2.25. The van der Waals surface area contributed by atoms with Crippen molar-refractivity contribution in [2.75, 3.05) is 6.61 Å². The lowest BCUT2D eigenvalue weighted by molar-refractivity contribution is -0.0674. The Balaban J connectivity index is 2.25. The number of nitrogens with two attached hydrogens (primary N) is 1. The molecule has 1 heterocycles. The number of ether oxygens (including phenoxy) is 2. The van der Waals surface area contributed by atoms with Gasteiger partial charge in [0.15, 0.2) is 12.5 Å². The maximum atomic E-state index is 5.41. The third-order valence-electron chi connectivity index (χ3n) is 1.65. The van der Waals surface area contributed by atoms with Gasteiger partial charge in [0.2, 0.25) is 0 Å². The predicted octanol–water partition coefficient (Wildman–Crippen LogP) is 0.718. The molecule has 0 spiro atoms. The van der Waals surface area contributed by atoms with Gasteiger partial charge in [-0.15, -0.1) is 0 Å². The van der Waals surface area contributed by atoms with Gasteiger partial charge in [-0.3, -0.25) is 0 Å². The number of rotatable bonds is 3. The summed E-state index contributed by atoms with van der Waals surface area (Å²) in [6.45, 7) is 4.78. The molecule has 1 fully saturated rings. The van der Waals surface area contributed by atoms with Crippen LogP contribution in [-0.2, 0) is 9.47 Å². The van der Waals surface area contributed by atoms with Crippen LogP contribution in [-0.4, -0.2) is 25.5 Å². The first-order chi connectivity index (χ1) is 5.72. The van der Waals surface area contributed by atoms with Crippen LogP contribution in [0.4, 0.5) is 0 Å². The largest absolute Gasteiger partial charge is 0.390 e. The van der Waals surface area contributed by atoms with Gasteiger partial charge in [0, 0.05) is 6.42 Å². The summed E-state index contributed by atoms with van der Waals surface area (Å²) in [5.74, 6) is 0.579. The maximum absolute atomic E-state index is 5.41. The Morgan fingerprint density at radius 3 is 3.00 bits per heavy atom. The SMILES string of the molecule is CC(C)CC1OCC(N=CN)O1. The first-order valence-electron chi connectivity index (χ1n) is 4.22.